The second kappa shape index (κ2) is 6.17. The van der Waals surface area contributed by atoms with Crippen LogP contribution in [0.2, 0.25) is 0 Å². The van der Waals surface area contributed by atoms with Gasteiger partial charge in [-0.15, -0.1) is 22.7 Å². The molecule has 0 amide bonds. The summed E-state index contributed by atoms with van der Waals surface area (Å²) in [5, 5.41) is 2.89. The summed E-state index contributed by atoms with van der Waals surface area (Å²) in [7, 11) is 0. The Morgan fingerprint density at radius 1 is 1.42 bits per heavy atom. The summed E-state index contributed by atoms with van der Waals surface area (Å²) in [5.41, 5.74) is 0.623. The van der Waals surface area contributed by atoms with E-state index in [9.17, 15) is 9.59 Å². The molecule has 0 N–H and O–H groups in total. The molecule has 0 aromatic carbocycles. The van der Waals surface area contributed by atoms with Crippen LogP contribution in [0.5, 0.6) is 0 Å². The minimum atomic E-state index is -0.773. The molecule has 4 heterocycles. The molecule has 6 heteroatoms. The molecule has 4 nitrogen and oxygen atoms in total. The highest BCUT2D eigenvalue weighted by Crippen LogP contribution is 2.45. The standard InChI is InChI=1S/C18H19NO3S2/c1-9-12-5-6-13(22-12)15(9)17(21)11(8-20)16-10(2)24-18(19-16)14-4-3-7-23-14/h3-4,7-9,11-13,15H,5-6H2,1-2H3/t9-,11?,12-,13+,15-/m0/s1. The zero-order valence-corrected chi connectivity index (χ0v) is 15.2. The van der Waals surface area contributed by atoms with E-state index < -0.39 is 5.92 Å². The van der Waals surface area contributed by atoms with Crippen molar-refractivity contribution in [2.45, 2.75) is 44.8 Å². The van der Waals surface area contributed by atoms with Crippen LogP contribution < -0.4 is 0 Å². The van der Waals surface area contributed by atoms with Crippen LogP contribution in [-0.4, -0.2) is 29.3 Å². The molecule has 5 atom stereocenters. The Hall–Kier alpha value is -1.37. The lowest BCUT2D eigenvalue weighted by Crippen LogP contribution is -2.35. The van der Waals surface area contributed by atoms with Crippen LogP contribution in [0.4, 0.5) is 0 Å². The average molecular weight is 361 g/mol. The number of ketones is 1. The summed E-state index contributed by atoms with van der Waals surface area (Å²) in [6.07, 6.45) is 2.87. The lowest BCUT2D eigenvalue weighted by molar-refractivity contribution is -0.129. The van der Waals surface area contributed by atoms with E-state index in [1.165, 1.54) is 0 Å². The van der Waals surface area contributed by atoms with Gasteiger partial charge < -0.3 is 9.53 Å². The number of hydrogen-bond donors (Lipinski definition) is 0. The number of hydrogen-bond acceptors (Lipinski definition) is 6. The Kier molecular flexibility index (Phi) is 4.14. The van der Waals surface area contributed by atoms with E-state index in [0.29, 0.717) is 5.69 Å². The van der Waals surface area contributed by atoms with Crippen molar-refractivity contribution in [1.82, 2.24) is 4.98 Å². The van der Waals surface area contributed by atoms with Crippen molar-refractivity contribution < 1.29 is 14.3 Å². The van der Waals surface area contributed by atoms with Crippen molar-refractivity contribution in [2.24, 2.45) is 11.8 Å². The van der Waals surface area contributed by atoms with Crippen molar-refractivity contribution in [2.75, 3.05) is 0 Å². The van der Waals surface area contributed by atoms with E-state index in [2.05, 4.69) is 11.9 Å². The summed E-state index contributed by atoms with van der Waals surface area (Å²) in [5.74, 6) is -0.777. The molecule has 126 valence electrons. The second-order valence-electron chi connectivity index (χ2n) is 6.63. The average Bonchev–Trinajstić information content (AvgIpc) is 3.31. The molecule has 2 aromatic heterocycles. The molecule has 2 bridgehead atoms. The van der Waals surface area contributed by atoms with E-state index >= 15 is 0 Å². The number of aldehydes is 1. The highest BCUT2D eigenvalue weighted by Gasteiger charge is 2.51. The van der Waals surface area contributed by atoms with Gasteiger partial charge in [0.05, 0.1) is 28.7 Å². The van der Waals surface area contributed by atoms with Crippen molar-refractivity contribution in [3.63, 3.8) is 0 Å². The molecule has 24 heavy (non-hydrogen) atoms. The van der Waals surface area contributed by atoms with Crippen molar-refractivity contribution in [3.05, 3.63) is 28.1 Å². The first-order valence-electron chi connectivity index (χ1n) is 8.26. The van der Waals surface area contributed by atoms with Crippen LogP contribution in [-0.2, 0) is 14.3 Å². The summed E-state index contributed by atoms with van der Waals surface area (Å²) in [4.78, 5) is 31.5. The largest absolute Gasteiger partial charge is 0.374 e. The summed E-state index contributed by atoms with van der Waals surface area (Å²) in [6, 6.07) is 3.99. The SMILES string of the molecule is Cc1sc(-c2cccs2)nc1C(C=O)C(=O)[C@H]1[C@@H](C)[C@@H]2CC[C@H]1O2. The number of aromatic nitrogens is 1. The Bertz CT molecular complexity index is 765. The Balaban J connectivity index is 1.64. The molecule has 2 aliphatic heterocycles. The molecule has 2 aliphatic rings. The van der Waals surface area contributed by atoms with Gasteiger partial charge in [-0.3, -0.25) is 4.79 Å². The monoisotopic (exact) mass is 361 g/mol. The lowest BCUT2D eigenvalue weighted by Gasteiger charge is -2.25. The zero-order chi connectivity index (χ0) is 16.8. The normalized spacial score (nSPS) is 29.8. The minimum Gasteiger partial charge on any atom is -0.374 e. The Morgan fingerprint density at radius 2 is 2.21 bits per heavy atom. The topological polar surface area (TPSA) is 56.3 Å². The van der Waals surface area contributed by atoms with Crippen molar-refractivity contribution in [3.8, 4) is 9.88 Å². The Morgan fingerprint density at radius 3 is 2.83 bits per heavy atom. The molecule has 0 radical (unpaired) electrons. The van der Waals surface area contributed by atoms with E-state index in [0.717, 1.165) is 33.9 Å². The van der Waals surface area contributed by atoms with E-state index in [-0.39, 0.29) is 29.8 Å². The number of fused-ring (bicyclic) bond motifs is 2. The van der Waals surface area contributed by atoms with Crippen LogP contribution in [0.3, 0.4) is 0 Å². The summed E-state index contributed by atoms with van der Waals surface area (Å²) < 4.78 is 5.89. The molecule has 0 spiro atoms. The van der Waals surface area contributed by atoms with Crippen LogP contribution in [0.15, 0.2) is 17.5 Å². The summed E-state index contributed by atoms with van der Waals surface area (Å²) >= 11 is 3.16. The van der Waals surface area contributed by atoms with Gasteiger partial charge in [-0.1, -0.05) is 13.0 Å². The molecule has 0 aliphatic carbocycles. The third kappa shape index (κ3) is 2.48. The van der Waals surface area contributed by atoms with Gasteiger partial charge in [-0.05, 0) is 37.1 Å². The van der Waals surface area contributed by atoms with Crippen LogP contribution >= 0.6 is 22.7 Å². The molecular formula is C18H19NO3S2. The van der Waals surface area contributed by atoms with E-state index in [1.807, 2.05) is 24.4 Å². The van der Waals surface area contributed by atoms with Gasteiger partial charge in [0.1, 0.15) is 17.2 Å². The number of carbonyl (C=O) groups excluding carboxylic acids is 2. The first-order chi connectivity index (χ1) is 11.6. The smallest absolute Gasteiger partial charge is 0.155 e. The molecule has 4 rings (SSSR count). The number of thiazole rings is 1. The van der Waals surface area contributed by atoms with Gasteiger partial charge in [0, 0.05) is 4.88 Å². The number of aryl methyl sites for hydroxylation is 1. The zero-order valence-electron chi connectivity index (χ0n) is 13.6. The number of nitrogens with zero attached hydrogens (tertiary/aromatic N) is 1. The minimum absolute atomic E-state index is 0.0178. The molecular weight excluding hydrogens is 342 g/mol. The van der Waals surface area contributed by atoms with Gasteiger partial charge in [-0.2, -0.15) is 0 Å². The van der Waals surface area contributed by atoms with Crippen molar-refractivity contribution in [1.29, 1.82) is 0 Å². The van der Waals surface area contributed by atoms with Gasteiger partial charge in [-0.25, -0.2) is 4.98 Å². The maximum absolute atomic E-state index is 13.1. The fraction of sp³-hybridized carbons (Fsp3) is 0.500. The van der Waals surface area contributed by atoms with Crippen LogP contribution in [0.1, 0.15) is 36.3 Å². The predicted octanol–water partition coefficient (Wildman–Crippen LogP) is 3.85. The fourth-order valence-corrected chi connectivity index (χ4v) is 5.78. The van der Waals surface area contributed by atoms with Gasteiger partial charge >= 0.3 is 0 Å². The third-order valence-corrected chi connectivity index (χ3v) is 7.29. The van der Waals surface area contributed by atoms with Crippen LogP contribution in [0, 0.1) is 18.8 Å². The second-order valence-corrected chi connectivity index (χ2v) is 8.78. The number of carbonyl (C=O) groups is 2. The van der Waals surface area contributed by atoms with Gasteiger partial charge in [0.25, 0.3) is 0 Å². The molecule has 2 fully saturated rings. The van der Waals surface area contributed by atoms with Gasteiger partial charge in [0.15, 0.2) is 5.78 Å². The fourth-order valence-electron chi connectivity index (χ4n) is 4.03. The highest BCUT2D eigenvalue weighted by atomic mass is 32.1. The third-order valence-electron chi connectivity index (χ3n) is 5.27. The molecule has 1 unspecified atom stereocenters. The first kappa shape index (κ1) is 16.1. The number of Topliss-reactive ketones (excluding diaryl/α,β-unsaturated/α-hetero) is 1. The Labute approximate surface area is 148 Å². The lowest BCUT2D eigenvalue weighted by atomic mass is 9.74. The number of rotatable bonds is 5. The van der Waals surface area contributed by atoms with Crippen molar-refractivity contribution >= 4 is 34.7 Å². The highest BCUT2D eigenvalue weighted by molar-refractivity contribution is 7.21. The first-order valence-corrected chi connectivity index (χ1v) is 9.95. The van der Waals surface area contributed by atoms with E-state index in [4.69, 9.17) is 4.74 Å². The predicted molar refractivity (Wildman–Crippen MR) is 94.5 cm³/mol. The van der Waals surface area contributed by atoms with Gasteiger partial charge in [0.2, 0.25) is 0 Å². The summed E-state index contributed by atoms with van der Waals surface area (Å²) in [6.45, 7) is 4.01. The molecule has 2 saturated heterocycles. The molecule has 2 aromatic rings. The van der Waals surface area contributed by atoms with E-state index in [1.54, 1.807) is 22.7 Å². The maximum atomic E-state index is 13.1. The van der Waals surface area contributed by atoms with Crippen LogP contribution in [0.25, 0.3) is 9.88 Å². The number of thiophene rings is 1. The molecule has 0 saturated carbocycles. The maximum Gasteiger partial charge on any atom is 0.155 e. The quantitative estimate of drug-likeness (QED) is 0.600. The number of ether oxygens (including phenoxy) is 1.